The van der Waals surface area contributed by atoms with Crippen LogP contribution in [-0.2, 0) is 11.2 Å². The average Bonchev–Trinajstić information content (AvgIpc) is 3.28. The minimum atomic E-state index is -0.502. The molecule has 4 aromatic rings. The van der Waals surface area contributed by atoms with E-state index in [9.17, 15) is 9.59 Å². The average molecular weight is 526 g/mol. The Morgan fingerprint density at radius 3 is 2.18 bits per heavy atom. The van der Waals surface area contributed by atoms with E-state index in [4.69, 9.17) is 16.0 Å². The molecule has 0 saturated carbocycles. The Morgan fingerprint density at radius 2 is 1.53 bits per heavy atom. The van der Waals surface area contributed by atoms with Crippen LogP contribution in [0.25, 0.3) is 0 Å². The number of hydrazone groups is 1. The quantitative estimate of drug-likeness (QED) is 0.272. The molecule has 0 saturated heterocycles. The zero-order valence-corrected chi connectivity index (χ0v) is 22.0. The highest BCUT2D eigenvalue weighted by Crippen LogP contribution is 2.31. The molecule has 7 heteroatoms. The third kappa shape index (κ3) is 5.13. The molecule has 1 aliphatic carbocycles. The second-order valence-corrected chi connectivity index (χ2v) is 9.77. The number of hydrogen-bond donors (Lipinski definition) is 2. The van der Waals surface area contributed by atoms with Gasteiger partial charge in [-0.05, 0) is 55.5 Å². The second-order valence-electron chi connectivity index (χ2n) is 9.36. The van der Waals surface area contributed by atoms with E-state index in [2.05, 4.69) is 15.8 Å². The van der Waals surface area contributed by atoms with Crippen molar-refractivity contribution in [3.8, 4) is 0 Å². The molecule has 1 aliphatic rings. The molecule has 3 aromatic carbocycles. The van der Waals surface area contributed by atoms with E-state index in [1.165, 1.54) is 0 Å². The summed E-state index contributed by atoms with van der Waals surface area (Å²) in [6.45, 7) is 3.70. The zero-order valence-electron chi connectivity index (χ0n) is 21.3. The number of nitrogens with zero attached hydrogens (tertiary/aromatic N) is 1. The van der Waals surface area contributed by atoms with Crippen molar-refractivity contribution < 1.29 is 14.0 Å². The van der Waals surface area contributed by atoms with Crippen molar-refractivity contribution in [3.05, 3.63) is 123 Å². The normalized spacial score (nSPS) is 13.8. The number of aryl methyl sites for hydroxylation is 1. The largest absolute Gasteiger partial charge is 0.455 e. The van der Waals surface area contributed by atoms with Crippen LogP contribution in [0.3, 0.4) is 0 Å². The van der Waals surface area contributed by atoms with Crippen LogP contribution >= 0.6 is 11.6 Å². The van der Waals surface area contributed by atoms with Crippen molar-refractivity contribution in [2.75, 3.05) is 5.32 Å². The van der Waals surface area contributed by atoms with Gasteiger partial charge in [0.15, 0.2) is 5.76 Å². The van der Waals surface area contributed by atoms with Crippen LogP contribution < -0.4 is 10.7 Å². The van der Waals surface area contributed by atoms with Gasteiger partial charge in [0.2, 0.25) is 0 Å². The summed E-state index contributed by atoms with van der Waals surface area (Å²) in [6, 6.07) is 24.7. The number of hydrogen-bond acceptors (Lipinski definition) is 4. The van der Waals surface area contributed by atoms with E-state index < -0.39 is 5.92 Å². The van der Waals surface area contributed by atoms with E-state index >= 15 is 0 Å². The van der Waals surface area contributed by atoms with E-state index in [0.717, 1.165) is 28.7 Å². The Balaban J connectivity index is 1.41. The highest BCUT2D eigenvalue weighted by Gasteiger charge is 2.29. The Labute approximate surface area is 226 Å². The monoisotopic (exact) mass is 525 g/mol. The molecule has 192 valence electrons. The van der Waals surface area contributed by atoms with Crippen LogP contribution in [0.2, 0.25) is 5.02 Å². The molecular formula is C31H28ClN3O3. The molecule has 0 fully saturated rings. The lowest BCUT2D eigenvalue weighted by Gasteiger charge is -2.18. The maximum absolute atomic E-state index is 13.4. The lowest BCUT2D eigenvalue weighted by Crippen LogP contribution is -2.28. The summed E-state index contributed by atoms with van der Waals surface area (Å²) in [5.74, 6) is -0.131. The van der Waals surface area contributed by atoms with Crippen molar-refractivity contribution in [2.45, 2.75) is 39.0 Å². The maximum Gasteiger partial charge on any atom is 0.291 e. The lowest BCUT2D eigenvalue weighted by molar-refractivity contribution is -0.121. The summed E-state index contributed by atoms with van der Waals surface area (Å²) in [5.41, 5.74) is 8.19. The van der Waals surface area contributed by atoms with Crippen molar-refractivity contribution >= 4 is 34.8 Å². The molecule has 0 aliphatic heterocycles. The Bertz CT molecular complexity index is 1470. The molecule has 5 rings (SSSR count). The summed E-state index contributed by atoms with van der Waals surface area (Å²) >= 11 is 6.21. The number of rotatable bonds is 6. The van der Waals surface area contributed by atoms with Crippen molar-refractivity contribution in [1.29, 1.82) is 0 Å². The predicted octanol–water partition coefficient (Wildman–Crippen LogP) is 6.79. The van der Waals surface area contributed by atoms with E-state index in [1.54, 1.807) is 18.2 Å². The van der Waals surface area contributed by atoms with Crippen molar-refractivity contribution in [1.82, 2.24) is 5.43 Å². The number of furan rings is 1. The van der Waals surface area contributed by atoms with Gasteiger partial charge in [0.05, 0.1) is 11.6 Å². The topological polar surface area (TPSA) is 83.7 Å². The van der Waals surface area contributed by atoms with E-state index in [0.29, 0.717) is 40.6 Å². The second kappa shape index (κ2) is 11.1. The van der Waals surface area contributed by atoms with E-state index in [-0.39, 0.29) is 17.6 Å². The van der Waals surface area contributed by atoms with Gasteiger partial charge in [-0.25, -0.2) is 5.43 Å². The van der Waals surface area contributed by atoms with Gasteiger partial charge in [0.1, 0.15) is 5.76 Å². The maximum atomic E-state index is 13.4. The number of amides is 2. The summed E-state index contributed by atoms with van der Waals surface area (Å²) in [5, 5.41) is 8.03. The predicted molar refractivity (Wildman–Crippen MR) is 150 cm³/mol. The third-order valence-electron chi connectivity index (χ3n) is 6.88. The van der Waals surface area contributed by atoms with Gasteiger partial charge in [-0.3, -0.25) is 9.59 Å². The molecule has 0 unspecified atom stereocenters. The summed E-state index contributed by atoms with van der Waals surface area (Å²) in [4.78, 5) is 26.6. The van der Waals surface area contributed by atoms with Crippen LogP contribution in [0.15, 0.2) is 88.4 Å². The number of anilines is 1. The molecular weight excluding hydrogens is 498 g/mol. The van der Waals surface area contributed by atoms with Gasteiger partial charge in [-0.1, -0.05) is 78.3 Å². The van der Waals surface area contributed by atoms with Gasteiger partial charge < -0.3 is 9.73 Å². The van der Waals surface area contributed by atoms with Crippen LogP contribution in [0, 0.1) is 13.8 Å². The molecule has 2 N–H and O–H groups in total. The zero-order chi connectivity index (χ0) is 26.6. The minimum Gasteiger partial charge on any atom is -0.455 e. The summed E-state index contributed by atoms with van der Waals surface area (Å²) in [6.07, 6.45) is 2.18. The minimum absolute atomic E-state index is 0.224. The highest BCUT2D eigenvalue weighted by atomic mass is 35.5. The van der Waals surface area contributed by atoms with Crippen LogP contribution in [0.4, 0.5) is 5.69 Å². The van der Waals surface area contributed by atoms with Gasteiger partial charge in [0.25, 0.3) is 11.8 Å². The molecule has 1 aromatic heterocycles. The molecule has 1 heterocycles. The molecule has 0 atom stereocenters. The molecule has 6 nitrogen and oxygen atoms in total. The number of fused-ring (bicyclic) bond motifs is 1. The van der Waals surface area contributed by atoms with Gasteiger partial charge >= 0.3 is 0 Å². The fraction of sp³-hybridized carbons (Fsp3) is 0.194. The lowest BCUT2D eigenvalue weighted by atomic mass is 9.90. The SMILES string of the molecule is Cc1c(Cl)cccc1NC(=O)c1oc2c(c1C)/C(=N/NC(=O)C(c1ccccc1)c1ccccc1)CCC2. The fourth-order valence-electron chi connectivity index (χ4n) is 4.89. The first-order valence-corrected chi connectivity index (χ1v) is 13.0. The fourth-order valence-corrected chi connectivity index (χ4v) is 5.07. The Morgan fingerprint density at radius 1 is 0.868 bits per heavy atom. The molecule has 38 heavy (non-hydrogen) atoms. The number of nitrogens with one attached hydrogen (secondary N) is 2. The summed E-state index contributed by atoms with van der Waals surface area (Å²) < 4.78 is 6.03. The Kier molecular flexibility index (Phi) is 7.43. The first kappa shape index (κ1) is 25.5. The van der Waals surface area contributed by atoms with Gasteiger partial charge in [-0.2, -0.15) is 5.10 Å². The first-order valence-electron chi connectivity index (χ1n) is 12.6. The highest BCUT2D eigenvalue weighted by molar-refractivity contribution is 6.31. The van der Waals surface area contributed by atoms with Crippen molar-refractivity contribution in [2.24, 2.45) is 5.10 Å². The van der Waals surface area contributed by atoms with Crippen molar-refractivity contribution in [3.63, 3.8) is 0 Å². The van der Waals surface area contributed by atoms with Gasteiger partial charge in [-0.15, -0.1) is 0 Å². The molecule has 0 radical (unpaired) electrons. The van der Waals surface area contributed by atoms with Crippen LogP contribution in [-0.4, -0.2) is 17.5 Å². The number of halogens is 1. The standard InChI is InChI=1S/C31H28ClN3O3/c1-19-23(32)15-9-16-24(19)33-31(37)29-20(2)27-25(17-10-18-26(27)38-29)34-35-30(36)28(21-11-5-3-6-12-21)22-13-7-4-8-14-22/h3-9,11-16,28H,10,17-18H2,1-2H3,(H,33,37)(H,35,36)/b34-25+. The summed E-state index contributed by atoms with van der Waals surface area (Å²) in [7, 11) is 0. The smallest absolute Gasteiger partial charge is 0.291 e. The van der Waals surface area contributed by atoms with Gasteiger partial charge in [0, 0.05) is 28.3 Å². The van der Waals surface area contributed by atoms with E-state index in [1.807, 2.05) is 74.5 Å². The molecule has 0 spiro atoms. The number of benzene rings is 3. The number of carbonyl (C=O) groups is 2. The molecule has 0 bridgehead atoms. The first-order chi connectivity index (χ1) is 18.4. The Hall–Kier alpha value is -4.16. The third-order valence-corrected chi connectivity index (χ3v) is 7.29. The number of carbonyl (C=O) groups excluding carboxylic acids is 2. The van der Waals surface area contributed by atoms with Crippen LogP contribution in [0.5, 0.6) is 0 Å². The van der Waals surface area contributed by atoms with Crippen LogP contribution in [0.1, 0.15) is 62.9 Å². The molecule has 2 amide bonds.